The first kappa shape index (κ1) is 10.8. The molecule has 1 heterocycles. The van der Waals surface area contributed by atoms with E-state index in [1.54, 1.807) is 0 Å². The summed E-state index contributed by atoms with van der Waals surface area (Å²) >= 11 is 0. The van der Waals surface area contributed by atoms with Crippen LogP contribution in [0.4, 0.5) is 5.69 Å². The number of hydrazone groups is 1. The number of amides is 1. The van der Waals surface area contributed by atoms with Gasteiger partial charge in [0, 0.05) is 12.3 Å². The van der Waals surface area contributed by atoms with Crippen molar-refractivity contribution in [1.29, 1.82) is 0 Å². The van der Waals surface area contributed by atoms with E-state index in [2.05, 4.69) is 10.4 Å². The van der Waals surface area contributed by atoms with Crippen LogP contribution in [-0.4, -0.2) is 18.7 Å². The standard InChI is InChI=1S/C12H15N3O/c1-9-7-12(16)15(14-9)11-5-3-10(4-6-11)8-13-2/h3-6,13H,7-8H2,1-2H3. The van der Waals surface area contributed by atoms with Gasteiger partial charge in [0.2, 0.25) is 0 Å². The minimum atomic E-state index is 0.0406. The van der Waals surface area contributed by atoms with Gasteiger partial charge in [0.15, 0.2) is 0 Å². The average Bonchev–Trinajstić information content (AvgIpc) is 2.59. The molecule has 0 spiro atoms. The molecule has 2 rings (SSSR count). The lowest BCUT2D eigenvalue weighted by Gasteiger charge is -2.12. The molecule has 1 N–H and O–H groups in total. The quantitative estimate of drug-likeness (QED) is 0.834. The number of hydrogen-bond donors (Lipinski definition) is 1. The molecule has 0 unspecified atom stereocenters. The van der Waals surface area contributed by atoms with Crippen LogP contribution >= 0.6 is 0 Å². The van der Waals surface area contributed by atoms with Gasteiger partial charge < -0.3 is 5.32 Å². The molecule has 4 nitrogen and oxygen atoms in total. The molecule has 0 aliphatic carbocycles. The number of nitrogens with one attached hydrogen (secondary N) is 1. The highest BCUT2D eigenvalue weighted by Gasteiger charge is 2.22. The molecule has 1 aliphatic heterocycles. The third kappa shape index (κ3) is 2.12. The van der Waals surface area contributed by atoms with Crippen molar-refractivity contribution in [2.24, 2.45) is 5.10 Å². The van der Waals surface area contributed by atoms with E-state index in [1.165, 1.54) is 10.6 Å². The van der Waals surface area contributed by atoms with Crippen LogP contribution in [-0.2, 0) is 11.3 Å². The number of hydrogen-bond acceptors (Lipinski definition) is 3. The Morgan fingerprint density at radius 2 is 2.06 bits per heavy atom. The molecule has 1 aliphatic rings. The molecule has 0 atom stereocenters. The highest BCUT2D eigenvalue weighted by molar-refractivity contribution is 6.12. The van der Waals surface area contributed by atoms with Gasteiger partial charge in [0.25, 0.3) is 5.91 Å². The van der Waals surface area contributed by atoms with Gasteiger partial charge in [0.05, 0.1) is 12.1 Å². The minimum absolute atomic E-state index is 0.0406. The summed E-state index contributed by atoms with van der Waals surface area (Å²) < 4.78 is 0. The van der Waals surface area contributed by atoms with Gasteiger partial charge in [-0.3, -0.25) is 4.79 Å². The van der Waals surface area contributed by atoms with Crippen molar-refractivity contribution in [1.82, 2.24) is 5.32 Å². The summed E-state index contributed by atoms with van der Waals surface area (Å²) in [5.74, 6) is 0.0406. The number of rotatable bonds is 3. The van der Waals surface area contributed by atoms with E-state index in [4.69, 9.17) is 0 Å². The Morgan fingerprint density at radius 3 is 2.56 bits per heavy atom. The molecule has 0 saturated carbocycles. The zero-order valence-electron chi connectivity index (χ0n) is 9.53. The van der Waals surface area contributed by atoms with Crippen molar-refractivity contribution < 1.29 is 4.79 Å². The monoisotopic (exact) mass is 217 g/mol. The van der Waals surface area contributed by atoms with Crippen molar-refractivity contribution in [3.8, 4) is 0 Å². The van der Waals surface area contributed by atoms with Crippen molar-refractivity contribution >= 4 is 17.3 Å². The Bertz CT molecular complexity index is 422. The highest BCUT2D eigenvalue weighted by Crippen LogP contribution is 2.20. The van der Waals surface area contributed by atoms with Crippen LogP contribution < -0.4 is 10.3 Å². The molecular weight excluding hydrogens is 202 g/mol. The van der Waals surface area contributed by atoms with Gasteiger partial charge in [-0.25, -0.2) is 5.01 Å². The summed E-state index contributed by atoms with van der Waals surface area (Å²) in [4.78, 5) is 11.6. The van der Waals surface area contributed by atoms with Crippen LogP contribution in [0.25, 0.3) is 0 Å². The lowest BCUT2D eigenvalue weighted by atomic mass is 10.2. The van der Waals surface area contributed by atoms with Gasteiger partial charge in [-0.1, -0.05) is 12.1 Å². The molecule has 0 aromatic heterocycles. The summed E-state index contributed by atoms with van der Waals surface area (Å²) in [6.07, 6.45) is 0.429. The Balaban J connectivity index is 2.19. The van der Waals surface area contributed by atoms with Crippen molar-refractivity contribution in [2.45, 2.75) is 19.9 Å². The van der Waals surface area contributed by atoms with E-state index >= 15 is 0 Å². The predicted octanol–water partition coefficient (Wildman–Crippen LogP) is 1.52. The van der Waals surface area contributed by atoms with Gasteiger partial charge >= 0.3 is 0 Å². The van der Waals surface area contributed by atoms with Crippen LogP contribution in [0.5, 0.6) is 0 Å². The second kappa shape index (κ2) is 4.45. The maximum atomic E-state index is 11.6. The average molecular weight is 217 g/mol. The van der Waals surface area contributed by atoms with Crippen molar-refractivity contribution in [3.63, 3.8) is 0 Å². The Hall–Kier alpha value is -1.68. The van der Waals surface area contributed by atoms with E-state index in [-0.39, 0.29) is 5.91 Å². The molecule has 0 radical (unpaired) electrons. The second-order valence-corrected chi connectivity index (χ2v) is 3.91. The fourth-order valence-electron chi connectivity index (χ4n) is 1.72. The summed E-state index contributed by atoms with van der Waals surface area (Å²) in [6.45, 7) is 2.70. The first-order chi connectivity index (χ1) is 7.70. The van der Waals surface area contributed by atoms with Crippen molar-refractivity contribution in [3.05, 3.63) is 29.8 Å². The van der Waals surface area contributed by atoms with Gasteiger partial charge in [-0.2, -0.15) is 5.10 Å². The molecule has 1 amide bonds. The summed E-state index contributed by atoms with van der Waals surface area (Å²) in [6, 6.07) is 7.85. The van der Waals surface area contributed by atoms with Gasteiger partial charge in [-0.15, -0.1) is 0 Å². The van der Waals surface area contributed by atoms with E-state index in [9.17, 15) is 4.79 Å². The Morgan fingerprint density at radius 1 is 1.38 bits per heavy atom. The second-order valence-electron chi connectivity index (χ2n) is 3.91. The van der Waals surface area contributed by atoms with Gasteiger partial charge in [0.1, 0.15) is 0 Å². The SMILES string of the molecule is CNCc1ccc(N2N=C(C)CC2=O)cc1. The van der Waals surface area contributed by atoms with E-state index < -0.39 is 0 Å². The highest BCUT2D eigenvalue weighted by atomic mass is 16.2. The van der Waals surface area contributed by atoms with Crippen LogP contribution in [0.2, 0.25) is 0 Å². The summed E-state index contributed by atoms with van der Waals surface area (Å²) in [5.41, 5.74) is 2.89. The molecule has 16 heavy (non-hydrogen) atoms. The predicted molar refractivity (Wildman–Crippen MR) is 64.4 cm³/mol. The third-order valence-electron chi connectivity index (χ3n) is 2.48. The van der Waals surface area contributed by atoms with Crippen LogP contribution in [0.15, 0.2) is 29.4 Å². The van der Waals surface area contributed by atoms with E-state index in [0.29, 0.717) is 6.42 Å². The maximum Gasteiger partial charge on any atom is 0.253 e. The molecule has 0 bridgehead atoms. The first-order valence-corrected chi connectivity index (χ1v) is 5.31. The maximum absolute atomic E-state index is 11.6. The number of benzene rings is 1. The van der Waals surface area contributed by atoms with Crippen LogP contribution in [0.3, 0.4) is 0 Å². The molecule has 84 valence electrons. The minimum Gasteiger partial charge on any atom is -0.316 e. The molecule has 4 heteroatoms. The zero-order valence-corrected chi connectivity index (χ0v) is 9.53. The Kier molecular flexibility index (Phi) is 3.01. The summed E-state index contributed by atoms with van der Waals surface area (Å²) in [7, 11) is 1.91. The lowest BCUT2D eigenvalue weighted by molar-refractivity contribution is -0.116. The topological polar surface area (TPSA) is 44.7 Å². The largest absolute Gasteiger partial charge is 0.316 e. The van der Waals surface area contributed by atoms with Crippen molar-refractivity contribution in [2.75, 3.05) is 12.1 Å². The zero-order chi connectivity index (χ0) is 11.5. The molecule has 0 fully saturated rings. The fraction of sp³-hybridized carbons (Fsp3) is 0.333. The number of anilines is 1. The normalized spacial score (nSPS) is 15.5. The third-order valence-corrected chi connectivity index (χ3v) is 2.48. The smallest absolute Gasteiger partial charge is 0.253 e. The molecule has 0 saturated heterocycles. The van der Waals surface area contributed by atoms with Crippen LogP contribution in [0.1, 0.15) is 18.9 Å². The Labute approximate surface area is 95.0 Å². The van der Waals surface area contributed by atoms with Gasteiger partial charge in [-0.05, 0) is 31.7 Å². The fourth-order valence-corrected chi connectivity index (χ4v) is 1.72. The van der Waals surface area contributed by atoms with E-state index in [1.807, 2.05) is 38.2 Å². The molecular formula is C12H15N3O. The number of carbonyl (C=O) groups excluding carboxylic acids is 1. The van der Waals surface area contributed by atoms with E-state index in [0.717, 1.165) is 17.9 Å². The lowest BCUT2D eigenvalue weighted by Crippen LogP contribution is -2.19. The molecule has 1 aromatic carbocycles. The molecule has 1 aromatic rings. The summed E-state index contributed by atoms with van der Waals surface area (Å²) in [5, 5.41) is 8.75. The van der Waals surface area contributed by atoms with Crippen LogP contribution in [0, 0.1) is 0 Å². The number of carbonyl (C=O) groups is 1. The first-order valence-electron chi connectivity index (χ1n) is 5.31. The number of nitrogens with zero attached hydrogens (tertiary/aromatic N) is 2.